The highest BCUT2D eigenvalue weighted by atomic mass is 79.9. The third kappa shape index (κ3) is 3.33. The summed E-state index contributed by atoms with van der Waals surface area (Å²) < 4.78 is 40.8. The Morgan fingerprint density at radius 3 is 2.62 bits per heavy atom. The molecule has 0 bridgehead atoms. The molecule has 1 saturated carbocycles. The van der Waals surface area contributed by atoms with E-state index in [4.69, 9.17) is 0 Å². The fourth-order valence-corrected chi connectivity index (χ4v) is 1.55. The number of halogens is 4. The third-order valence-electron chi connectivity index (χ3n) is 2.01. The number of alkyl halides is 3. The molecule has 7 heteroatoms. The molecule has 0 aromatic carbocycles. The van der Waals surface area contributed by atoms with Crippen molar-refractivity contribution in [2.45, 2.75) is 24.9 Å². The van der Waals surface area contributed by atoms with E-state index in [0.29, 0.717) is 10.4 Å². The lowest BCUT2D eigenvalue weighted by molar-refractivity contribution is -0.154. The minimum atomic E-state index is -4.35. The fourth-order valence-electron chi connectivity index (χ4n) is 1.17. The largest absolute Gasteiger partial charge is 0.468 e. The quantitative estimate of drug-likeness (QED) is 0.804. The zero-order chi connectivity index (χ0) is 11.8. The maximum Gasteiger partial charge on any atom is 0.422 e. The molecule has 1 aromatic heterocycles. The van der Waals surface area contributed by atoms with Gasteiger partial charge in [-0.2, -0.15) is 18.2 Å². The van der Waals surface area contributed by atoms with Gasteiger partial charge >= 0.3 is 6.18 Å². The predicted octanol–water partition coefficient (Wildman–Crippen LogP) is 3.06. The molecule has 0 unspecified atom stereocenters. The Hall–Kier alpha value is -0.850. The van der Waals surface area contributed by atoms with Gasteiger partial charge in [-0.1, -0.05) is 0 Å². The van der Waals surface area contributed by atoms with Gasteiger partial charge < -0.3 is 4.74 Å². The van der Waals surface area contributed by atoms with Crippen LogP contribution in [0.5, 0.6) is 5.88 Å². The highest BCUT2D eigenvalue weighted by molar-refractivity contribution is 9.10. The number of ether oxygens (including phenoxy) is 1. The van der Waals surface area contributed by atoms with Gasteiger partial charge in [0.15, 0.2) is 6.61 Å². The summed E-state index contributed by atoms with van der Waals surface area (Å²) in [5.74, 6) is 0.776. The number of nitrogens with zero attached hydrogens (tertiary/aromatic N) is 2. The lowest BCUT2D eigenvalue weighted by Gasteiger charge is -2.09. The van der Waals surface area contributed by atoms with Gasteiger partial charge in [-0.05, 0) is 28.8 Å². The average molecular weight is 297 g/mol. The van der Waals surface area contributed by atoms with Gasteiger partial charge in [-0.25, -0.2) is 4.98 Å². The number of hydrogen-bond donors (Lipinski definition) is 0. The van der Waals surface area contributed by atoms with E-state index in [2.05, 4.69) is 30.6 Å². The molecule has 0 atom stereocenters. The summed E-state index contributed by atoms with van der Waals surface area (Å²) in [7, 11) is 0. The summed E-state index contributed by atoms with van der Waals surface area (Å²) in [4.78, 5) is 8.02. The van der Waals surface area contributed by atoms with Gasteiger partial charge in [0.2, 0.25) is 5.88 Å². The zero-order valence-corrected chi connectivity index (χ0v) is 9.68. The van der Waals surface area contributed by atoms with Gasteiger partial charge in [0.25, 0.3) is 0 Å². The van der Waals surface area contributed by atoms with Crippen molar-refractivity contribution >= 4 is 15.9 Å². The molecule has 1 fully saturated rings. The first-order valence-electron chi connectivity index (χ1n) is 4.68. The molecule has 0 spiro atoms. The maximum absolute atomic E-state index is 11.9. The Labute approximate surface area is 98.2 Å². The van der Waals surface area contributed by atoms with E-state index in [9.17, 15) is 13.2 Å². The molecule has 1 heterocycles. The minimum Gasteiger partial charge on any atom is -0.468 e. The van der Waals surface area contributed by atoms with E-state index in [0.717, 1.165) is 12.8 Å². The normalized spacial score (nSPS) is 16.2. The van der Waals surface area contributed by atoms with E-state index in [-0.39, 0.29) is 11.8 Å². The molecule has 1 aliphatic carbocycles. The van der Waals surface area contributed by atoms with E-state index >= 15 is 0 Å². The van der Waals surface area contributed by atoms with Crippen molar-refractivity contribution in [2.75, 3.05) is 6.61 Å². The van der Waals surface area contributed by atoms with Crippen LogP contribution in [0.25, 0.3) is 0 Å². The van der Waals surface area contributed by atoms with Crippen molar-refractivity contribution < 1.29 is 17.9 Å². The van der Waals surface area contributed by atoms with Crippen molar-refractivity contribution in [3.63, 3.8) is 0 Å². The Morgan fingerprint density at radius 1 is 1.38 bits per heavy atom. The lowest BCUT2D eigenvalue weighted by Crippen LogP contribution is -2.20. The van der Waals surface area contributed by atoms with Crippen molar-refractivity contribution in [2.24, 2.45) is 0 Å². The second-order valence-electron chi connectivity index (χ2n) is 3.57. The molecule has 0 aliphatic heterocycles. The van der Waals surface area contributed by atoms with Crippen LogP contribution in [-0.2, 0) is 0 Å². The summed E-state index contributed by atoms with van der Waals surface area (Å²) in [6.45, 7) is -1.33. The summed E-state index contributed by atoms with van der Waals surface area (Å²) in [6.07, 6.45) is -2.39. The predicted molar refractivity (Wildman–Crippen MR) is 53.3 cm³/mol. The molecule has 0 radical (unpaired) electrons. The Kier molecular flexibility index (Phi) is 3.05. The lowest BCUT2D eigenvalue weighted by atomic mass is 10.4. The van der Waals surface area contributed by atoms with E-state index in [1.807, 2.05) is 0 Å². The minimum absolute atomic E-state index is 0.0406. The van der Waals surface area contributed by atoms with Crippen LogP contribution in [0.1, 0.15) is 24.6 Å². The van der Waals surface area contributed by atoms with Crippen LogP contribution in [0.4, 0.5) is 13.2 Å². The summed E-state index contributed by atoms with van der Waals surface area (Å²) >= 11 is 3.12. The number of hydrogen-bond acceptors (Lipinski definition) is 3. The van der Waals surface area contributed by atoms with Gasteiger partial charge in [-0.3, -0.25) is 0 Å². The Morgan fingerprint density at radius 2 is 2.06 bits per heavy atom. The number of rotatable bonds is 3. The van der Waals surface area contributed by atoms with Crippen molar-refractivity contribution in [3.8, 4) is 5.88 Å². The van der Waals surface area contributed by atoms with Gasteiger partial charge in [0.05, 0.1) is 0 Å². The molecular weight excluding hydrogens is 289 g/mol. The highest BCUT2D eigenvalue weighted by Crippen LogP contribution is 2.39. The molecule has 16 heavy (non-hydrogen) atoms. The molecule has 0 N–H and O–H groups in total. The highest BCUT2D eigenvalue weighted by Gasteiger charge is 2.30. The molecule has 88 valence electrons. The van der Waals surface area contributed by atoms with Gasteiger partial charge in [0.1, 0.15) is 10.4 Å². The van der Waals surface area contributed by atoms with E-state index in [1.165, 1.54) is 6.07 Å². The van der Waals surface area contributed by atoms with E-state index in [1.54, 1.807) is 0 Å². The Balaban J connectivity index is 2.08. The van der Waals surface area contributed by atoms with Crippen LogP contribution in [0, 0.1) is 0 Å². The standard InChI is InChI=1S/C9H8BrF3N2O/c10-6-3-7(16-4-9(11,12)13)15-8(14-6)5-1-2-5/h3,5H,1-2,4H2. The zero-order valence-electron chi connectivity index (χ0n) is 8.09. The van der Waals surface area contributed by atoms with Crippen LogP contribution >= 0.6 is 15.9 Å². The third-order valence-corrected chi connectivity index (χ3v) is 2.42. The van der Waals surface area contributed by atoms with Gasteiger partial charge in [-0.15, -0.1) is 0 Å². The molecule has 0 saturated heterocycles. The fraction of sp³-hybridized carbons (Fsp3) is 0.556. The second-order valence-corrected chi connectivity index (χ2v) is 4.38. The van der Waals surface area contributed by atoms with E-state index < -0.39 is 12.8 Å². The Bertz CT molecular complexity index is 393. The van der Waals surface area contributed by atoms with Gasteiger partial charge in [0, 0.05) is 12.0 Å². The van der Waals surface area contributed by atoms with Crippen LogP contribution in [0.15, 0.2) is 10.7 Å². The monoisotopic (exact) mass is 296 g/mol. The second kappa shape index (κ2) is 4.20. The average Bonchev–Trinajstić information content (AvgIpc) is 2.95. The number of aromatic nitrogens is 2. The molecule has 1 aromatic rings. The first kappa shape index (κ1) is 11.6. The molecular formula is C9H8BrF3N2O. The molecule has 1 aliphatic rings. The maximum atomic E-state index is 11.9. The molecule has 0 amide bonds. The van der Waals surface area contributed by atoms with Crippen LogP contribution in [0.2, 0.25) is 0 Å². The summed E-state index contributed by atoms with van der Waals surface area (Å²) in [5.41, 5.74) is 0. The molecule has 3 nitrogen and oxygen atoms in total. The van der Waals surface area contributed by atoms with Crippen LogP contribution < -0.4 is 4.74 Å². The van der Waals surface area contributed by atoms with Crippen molar-refractivity contribution in [1.82, 2.24) is 9.97 Å². The first-order chi connectivity index (χ1) is 7.44. The first-order valence-corrected chi connectivity index (χ1v) is 5.47. The van der Waals surface area contributed by atoms with Crippen molar-refractivity contribution in [3.05, 3.63) is 16.5 Å². The SMILES string of the molecule is FC(F)(F)COc1cc(Br)nc(C2CC2)n1. The van der Waals surface area contributed by atoms with Crippen molar-refractivity contribution in [1.29, 1.82) is 0 Å². The van der Waals surface area contributed by atoms with Crippen LogP contribution in [-0.4, -0.2) is 22.8 Å². The van der Waals surface area contributed by atoms with Crippen LogP contribution in [0.3, 0.4) is 0 Å². The smallest absolute Gasteiger partial charge is 0.422 e. The summed E-state index contributed by atoms with van der Waals surface area (Å²) in [6, 6.07) is 1.33. The molecule has 2 rings (SSSR count). The summed E-state index contributed by atoms with van der Waals surface area (Å²) in [5, 5.41) is 0. The topological polar surface area (TPSA) is 35.0 Å².